The van der Waals surface area contributed by atoms with Crippen LogP contribution in [0.25, 0.3) is 0 Å². The maximum absolute atomic E-state index is 11.5. The van der Waals surface area contributed by atoms with Crippen LogP contribution in [-0.2, 0) is 4.79 Å². The van der Waals surface area contributed by atoms with Gasteiger partial charge in [-0.25, -0.2) is 0 Å². The van der Waals surface area contributed by atoms with Gasteiger partial charge in [0.25, 0.3) is 0 Å². The average Bonchev–Trinajstić information content (AvgIpc) is 2.05. The Morgan fingerprint density at radius 1 is 1.36 bits per heavy atom. The van der Waals surface area contributed by atoms with Crippen molar-refractivity contribution < 1.29 is 4.79 Å². The predicted molar refractivity (Wildman–Crippen MR) is 49.9 cm³/mol. The van der Waals surface area contributed by atoms with E-state index in [1.807, 2.05) is 25.6 Å². The fraction of sp³-hybridized carbons (Fsp3) is 0.889. The van der Waals surface area contributed by atoms with Crippen molar-refractivity contribution in [1.82, 2.24) is 0 Å². The molecule has 1 heterocycles. The SMILES string of the molecule is CC(C)C(=O)C1CCSCC1. The molecule has 0 unspecified atom stereocenters. The smallest absolute Gasteiger partial charge is 0.138 e. The highest BCUT2D eigenvalue weighted by molar-refractivity contribution is 7.99. The van der Waals surface area contributed by atoms with Crippen LogP contribution >= 0.6 is 11.8 Å². The Kier molecular flexibility index (Phi) is 3.44. The van der Waals surface area contributed by atoms with Gasteiger partial charge < -0.3 is 0 Å². The van der Waals surface area contributed by atoms with Gasteiger partial charge in [0, 0.05) is 11.8 Å². The summed E-state index contributed by atoms with van der Waals surface area (Å²) >= 11 is 1.98. The zero-order valence-corrected chi connectivity index (χ0v) is 8.12. The van der Waals surface area contributed by atoms with Crippen LogP contribution in [0.1, 0.15) is 26.7 Å². The Bertz CT molecular complexity index is 136. The van der Waals surface area contributed by atoms with Crippen molar-refractivity contribution in [2.24, 2.45) is 11.8 Å². The zero-order chi connectivity index (χ0) is 8.27. The number of ketones is 1. The third-order valence-corrected chi connectivity index (χ3v) is 3.24. The van der Waals surface area contributed by atoms with E-state index in [4.69, 9.17) is 0 Å². The van der Waals surface area contributed by atoms with Crippen LogP contribution in [0.5, 0.6) is 0 Å². The van der Waals surface area contributed by atoms with Crippen molar-refractivity contribution in [2.45, 2.75) is 26.7 Å². The van der Waals surface area contributed by atoms with Gasteiger partial charge in [-0.1, -0.05) is 13.8 Å². The summed E-state index contributed by atoms with van der Waals surface area (Å²) in [6, 6.07) is 0. The summed E-state index contributed by atoms with van der Waals surface area (Å²) in [5.74, 6) is 3.47. The van der Waals surface area contributed by atoms with Gasteiger partial charge in [-0.2, -0.15) is 11.8 Å². The van der Waals surface area contributed by atoms with Crippen LogP contribution in [0.15, 0.2) is 0 Å². The lowest BCUT2D eigenvalue weighted by Crippen LogP contribution is -2.23. The van der Waals surface area contributed by atoms with E-state index in [9.17, 15) is 4.79 Å². The topological polar surface area (TPSA) is 17.1 Å². The Morgan fingerprint density at radius 2 is 1.91 bits per heavy atom. The van der Waals surface area contributed by atoms with E-state index in [0.29, 0.717) is 11.7 Å². The van der Waals surface area contributed by atoms with Gasteiger partial charge in [0.05, 0.1) is 0 Å². The van der Waals surface area contributed by atoms with Crippen LogP contribution in [0, 0.1) is 11.8 Å². The molecule has 0 radical (unpaired) electrons. The maximum atomic E-state index is 11.5. The van der Waals surface area contributed by atoms with Crippen molar-refractivity contribution in [3.8, 4) is 0 Å². The molecule has 0 amide bonds. The first-order valence-corrected chi connectivity index (χ1v) is 5.48. The van der Waals surface area contributed by atoms with Crippen LogP contribution in [0.4, 0.5) is 0 Å². The summed E-state index contributed by atoms with van der Waals surface area (Å²) in [5.41, 5.74) is 0. The van der Waals surface area contributed by atoms with E-state index in [0.717, 1.165) is 12.8 Å². The van der Waals surface area contributed by atoms with Gasteiger partial charge in [-0.05, 0) is 24.3 Å². The molecule has 0 aromatic carbocycles. The lowest BCUT2D eigenvalue weighted by atomic mass is 9.91. The average molecular weight is 172 g/mol. The number of hydrogen-bond donors (Lipinski definition) is 0. The molecule has 0 aromatic heterocycles. The Hall–Kier alpha value is 0.0200. The van der Waals surface area contributed by atoms with Gasteiger partial charge in [0.2, 0.25) is 0 Å². The van der Waals surface area contributed by atoms with Gasteiger partial charge in [-0.3, -0.25) is 4.79 Å². The van der Waals surface area contributed by atoms with Gasteiger partial charge >= 0.3 is 0 Å². The second-order valence-electron chi connectivity index (χ2n) is 3.44. The van der Waals surface area contributed by atoms with Crippen molar-refractivity contribution >= 4 is 17.5 Å². The third kappa shape index (κ3) is 2.51. The molecule has 1 fully saturated rings. The fourth-order valence-electron chi connectivity index (χ4n) is 1.45. The van der Waals surface area contributed by atoms with Gasteiger partial charge in [0.15, 0.2) is 0 Å². The van der Waals surface area contributed by atoms with Crippen molar-refractivity contribution in [1.29, 1.82) is 0 Å². The number of carbonyl (C=O) groups is 1. The van der Waals surface area contributed by atoms with E-state index in [1.54, 1.807) is 0 Å². The van der Waals surface area contributed by atoms with Crippen molar-refractivity contribution in [3.63, 3.8) is 0 Å². The minimum absolute atomic E-state index is 0.239. The number of carbonyl (C=O) groups excluding carboxylic acids is 1. The van der Waals surface area contributed by atoms with E-state index in [-0.39, 0.29) is 5.92 Å². The molecule has 0 aliphatic carbocycles. The predicted octanol–water partition coefficient (Wildman–Crippen LogP) is 2.35. The molecular weight excluding hydrogens is 156 g/mol. The standard InChI is InChI=1S/C9H16OS/c1-7(2)9(10)8-3-5-11-6-4-8/h7-8H,3-6H2,1-2H3. The summed E-state index contributed by atoms with van der Waals surface area (Å²) < 4.78 is 0. The zero-order valence-electron chi connectivity index (χ0n) is 7.30. The summed E-state index contributed by atoms with van der Waals surface area (Å²) in [6.45, 7) is 4.01. The molecule has 0 bridgehead atoms. The molecule has 1 aliphatic heterocycles. The minimum Gasteiger partial charge on any atom is -0.299 e. The maximum Gasteiger partial charge on any atom is 0.138 e. The second kappa shape index (κ2) is 4.15. The molecule has 0 N–H and O–H groups in total. The van der Waals surface area contributed by atoms with Crippen LogP contribution in [0.3, 0.4) is 0 Å². The molecule has 0 aromatic rings. The Balaban J connectivity index is 2.39. The quantitative estimate of drug-likeness (QED) is 0.636. The summed E-state index contributed by atoms with van der Waals surface area (Å²) in [4.78, 5) is 11.5. The lowest BCUT2D eigenvalue weighted by molar-refractivity contribution is -0.126. The molecule has 1 saturated heterocycles. The molecular formula is C9H16OS. The summed E-state index contributed by atoms with van der Waals surface area (Å²) in [6.07, 6.45) is 2.23. The highest BCUT2D eigenvalue weighted by Crippen LogP contribution is 2.25. The molecule has 0 saturated carbocycles. The van der Waals surface area contributed by atoms with Gasteiger partial charge in [-0.15, -0.1) is 0 Å². The van der Waals surface area contributed by atoms with E-state index < -0.39 is 0 Å². The molecule has 1 rings (SSSR count). The molecule has 2 heteroatoms. The highest BCUT2D eigenvalue weighted by Gasteiger charge is 2.22. The molecule has 1 nitrogen and oxygen atoms in total. The monoisotopic (exact) mass is 172 g/mol. The molecule has 0 spiro atoms. The number of hydrogen-bond acceptors (Lipinski definition) is 2. The van der Waals surface area contributed by atoms with E-state index in [2.05, 4.69) is 0 Å². The minimum atomic E-state index is 0.239. The fourth-order valence-corrected chi connectivity index (χ4v) is 2.56. The normalized spacial score (nSPS) is 20.6. The molecule has 64 valence electrons. The first-order chi connectivity index (χ1) is 5.22. The van der Waals surface area contributed by atoms with Crippen LogP contribution in [-0.4, -0.2) is 17.3 Å². The largest absolute Gasteiger partial charge is 0.299 e. The van der Waals surface area contributed by atoms with E-state index in [1.165, 1.54) is 11.5 Å². The first kappa shape index (κ1) is 9.11. The lowest BCUT2D eigenvalue weighted by Gasteiger charge is -2.21. The highest BCUT2D eigenvalue weighted by atomic mass is 32.2. The third-order valence-electron chi connectivity index (χ3n) is 2.19. The molecule has 11 heavy (non-hydrogen) atoms. The Labute approximate surface area is 72.9 Å². The molecule has 1 aliphatic rings. The number of rotatable bonds is 2. The summed E-state index contributed by atoms with van der Waals surface area (Å²) in [5, 5.41) is 0. The summed E-state index contributed by atoms with van der Waals surface area (Å²) in [7, 11) is 0. The van der Waals surface area contributed by atoms with Crippen LogP contribution in [0.2, 0.25) is 0 Å². The Morgan fingerprint density at radius 3 is 2.36 bits per heavy atom. The molecule has 0 atom stereocenters. The van der Waals surface area contributed by atoms with Gasteiger partial charge in [0.1, 0.15) is 5.78 Å². The van der Waals surface area contributed by atoms with Crippen molar-refractivity contribution in [2.75, 3.05) is 11.5 Å². The van der Waals surface area contributed by atoms with Crippen LogP contribution < -0.4 is 0 Å². The number of thioether (sulfide) groups is 1. The second-order valence-corrected chi connectivity index (χ2v) is 4.67. The first-order valence-electron chi connectivity index (χ1n) is 4.33. The van der Waals surface area contributed by atoms with Crippen molar-refractivity contribution in [3.05, 3.63) is 0 Å². The van der Waals surface area contributed by atoms with E-state index >= 15 is 0 Å². The number of Topliss-reactive ketones (excluding diaryl/α,β-unsaturated/α-hetero) is 1.